The van der Waals surface area contributed by atoms with Gasteiger partial charge in [-0.15, -0.1) is 0 Å². The Bertz CT molecular complexity index is 542. The Labute approximate surface area is 117 Å². The lowest BCUT2D eigenvalue weighted by Crippen LogP contribution is -2.08. The fourth-order valence-electron chi connectivity index (χ4n) is 1.76. The molecule has 0 spiro atoms. The lowest BCUT2D eigenvalue weighted by Gasteiger charge is -2.12. The maximum absolute atomic E-state index is 12.8. The Morgan fingerprint density at radius 2 is 1.89 bits per heavy atom. The SMILES string of the molecule is CNCc1c(Cl)cccc1OCc1ccc(F)cc1. The molecule has 0 aromatic heterocycles. The van der Waals surface area contributed by atoms with Crippen LogP contribution in [0.3, 0.4) is 0 Å². The molecule has 0 saturated carbocycles. The van der Waals surface area contributed by atoms with Crippen LogP contribution < -0.4 is 10.1 Å². The van der Waals surface area contributed by atoms with Crippen LogP contribution in [0.1, 0.15) is 11.1 Å². The first-order valence-corrected chi connectivity index (χ1v) is 6.37. The van der Waals surface area contributed by atoms with Crippen LogP contribution in [0.4, 0.5) is 4.39 Å². The lowest BCUT2D eigenvalue weighted by molar-refractivity contribution is 0.302. The molecule has 0 aliphatic heterocycles. The molecule has 2 aromatic rings. The van der Waals surface area contributed by atoms with E-state index in [0.29, 0.717) is 18.2 Å². The molecule has 0 bridgehead atoms. The number of rotatable bonds is 5. The average Bonchev–Trinajstić information content (AvgIpc) is 2.41. The Kier molecular flexibility index (Phi) is 4.77. The summed E-state index contributed by atoms with van der Waals surface area (Å²) in [6.07, 6.45) is 0. The van der Waals surface area contributed by atoms with Crippen molar-refractivity contribution in [3.63, 3.8) is 0 Å². The molecular weight excluding hydrogens is 265 g/mol. The largest absolute Gasteiger partial charge is 0.489 e. The average molecular weight is 280 g/mol. The zero-order chi connectivity index (χ0) is 13.7. The molecule has 0 fully saturated rings. The Balaban J connectivity index is 2.10. The van der Waals surface area contributed by atoms with Crippen molar-refractivity contribution in [2.45, 2.75) is 13.2 Å². The standard InChI is InChI=1S/C15H15ClFNO/c1-18-9-13-14(16)3-2-4-15(13)19-10-11-5-7-12(17)8-6-11/h2-8,18H,9-10H2,1H3. The zero-order valence-electron chi connectivity index (χ0n) is 10.6. The molecule has 1 N–H and O–H groups in total. The summed E-state index contributed by atoms with van der Waals surface area (Å²) >= 11 is 6.14. The second-order valence-corrected chi connectivity index (χ2v) is 4.57. The number of hydrogen-bond acceptors (Lipinski definition) is 2. The first-order valence-electron chi connectivity index (χ1n) is 6.00. The van der Waals surface area contributed by atoms with E-state index in [1.54, 1.807) is 12.1 Å². The Hall–Kier alpha value is -1.58. The summed E-state index contributed by atoms with van der Waals surface area (Å²) in [5, 5.41) is 3.73. The van der Waals surface area contributed by atoms with Crippen LogP contribution in [0, 0.1) is 5.82 Å². The van der Waals surface area contributed by atoms with Crippen molar-refractivity contribution >= 4 is 11.6 Å². The lowest BCUT2D eigenvalue weighted by atomic mass is 10.2. The summed E-state index contributed by atoms with van der Waals surface area (Å²) in [6, 6.07) is 11.8. The van der Waals surface area contributed by atoms with Gasteiger partial charge in [-0.3, -0.25) is 0 Å². The van der Waals surface area contributed by atoms with Gasteiger partial charge >= 0.3 is 0 Å². The summed E-state index contributed by atoms with van der Waals surface area (Å²) < 4.78 is 18.6. The van der Waals surface area contributed by atoms with Gasteiger partial charge in [0.05, 0.1) is 0 Å². The molecule has 4 heteroatoms. The first-order chi connectivity index (χ1) is 9.20. The Morgan fingerprint density at radius 1 is 1.16 bits per heavy atom. The van der Waals surface area contributed by atoms with Crippen molar-refractivity contribution < 1.29 is 9.13 Å². The molecule has 19 heavy (non-hydrogen) atoms. The van der Waals surface area contributed by atoms with Crippen molar-refractivity contribution in [3.05, 3.63) is 64.4 Å². The zero-order valence-corrected chi connectivity index (χ0v) is 11.4. The van der Waals surface area contributed by atoms with Gasteiger partial charge in [0.25, 0.3) is 0 Å². The van der Waals surface area contributed by atoms with E-state index in [4.69, 9.17) is 16.3 Å². The molecule has 2 rings (SSSR count). The molecule has 0 saturated heterocycles. The molecule has 0 aliphatic rings. The monoisotopic (exact) mass is 279 g/mol. The minimum absolute atomic E-state index is 0.248. The molecule has 2 aromatic carbocycles. The van der Waals surface area contributed by atoms with Crippen molar-refractivity contribution in [1.29, 1.82) is 0 Å². The van der Waals surface area contributed by atoms with Gasteiger partial charge in [0.15, 0.2) is 0 Å². The van der Waals surface area contributed by atoms with Crippen molar-refractivity contribution in [3.8, 4) is 5.75 Å². The highest BCUT2D eigenvalue weighted by Crippen LogP contribution is 2.27. The molecule has 0 atom stereocenters. The highest BCUT2D eigenvalue weighted by Gasteiger charge is 2.07. The highest BCUT2D eigenvalue weighted by molar-refractivity contribution is 6.31. The van der Waals surface area contributed by atoms with E-state index in [9.17, 15) is 4.39 Å². The summed E-state index contributed by atoms with van der Waals surface area (Å²) in [6.45, 7) is 1.02. The van der Waals surface area contributed by atoms with E-state index >= 15 is 0 Å². The highest BCUT2D eigenvalue weighted by atomic mass is 35.5. The Morgan fingerprint density at radius 3 is 2.58 bits per heavy atom. The number of hydrogen-bond donors (Lipinski definition) is 1. The summed E-state index contributed by atoms with van der Waals surface area (Å²) in [4.78, 5) is 0. The van der Waals surface area contributed by atoms with Gasteiger partial charge in [0.2, 0.25) is 0 Å². The predicted molar refractivity (Wildman–Crippen MR) is 74.9 cm³/mol. The second-order valence-electron chi connectivity index (χ2n) is 4.16. The number of benzene rings is 2. The predicted octanol–water partition coefficient (Wildman–Crippen LogP) is 3.78. The summed E-state index contributed by atoms with van der Waals surface area (Å²) in [5.74, 6) is 0.494. The topological polar surface area (TPSA) is 21.3 Å². The third-order valence-electron chi connectivity index (χ3n) is 2.74. The third kappa shape index (κ3) is 3.69. The summed E-state index contributed by atoms with van der Waals surface area (Å²) in [5.41, 5.74) is 1.84. The van der Waals surface area contributed by atoms with Crippen LogP contribution in [0.5, 0.6) is 5.75 Å². The number of ether oxygens (including phenoxy) is 1. The molecule has 0 aliphatic carbocycles. The molecule has 0 amide bonds. The molecule has 0 radical (unpaired) electrons. The normalized spacial score (nSPS) is 10.5. The van der Waals surface area contributed by atoms with Gasteiger partial charge in [-0.1, -0.05) is 29.8 Å². The maximum atomic E-state index is 12.8. The van der Waals surface area contributed by atoms with Crippen LogP contribution >= 0.6 is 11.6 Å². The minimum Gasteiger partial charge on any atom is -0.489 e. The molecule has 0 heterocycles. The van der Waals surface area contributed by atoms with Gasteiger partial charge in [0, 0.05) is 17.1 Å². The van der Waals surface area contributed by atoms with Crippen molar-refractivity contribution in [1.82, 2.24) is 5.32 Å². The third-order valence-corrected chi connectivity index (χ3v) is 3.09. The smallest absolute Gasteiger partial charge is 0.125 e. The van der Waals surface area contributed by atoms with Crippen molar-refractivity contribution in [2.24, 2.45) is 0 Å². The van der Waals surface area contributed by atoms with E-state index in [1.165, 1.54) is 12.1 Å². The van der Waals surface area contributed by atoms with E-state index in [-0.39, 0.29) is 5.82 Å². The van der Waals surface area contributed by atoms with Gasteiger partial charge in [-0.05, 0) is 36.9 Å². The van der Waals surface area contributed by atoms with Crippen LogP contribution in [0.15, 0.2) is 42.5 Å². The minimum atomic E-state index is -0.248. The molecule has 100 valence electrons. The van der Waals surface area contributed by atoms with E-state index in [2.05, 4.69) is 5.32 Å². The van der Waals surface area contributed by atoms with Crippen LogP contribution in [-0.2, 0) is 13.2 Å². The quantitative estimate of drug-likeness (QED) is 0.899. The molecule has 2 nitrogen and oxygen atoms in total. The van der Waals surface area contributed by atoms with E-state index in [1.807, 2.05) is 25.2 Å². The van der Waals surface area contributed by atoms with Crippen LogP contribution in [0.2, 0.25) is 5.02 Å². The van der Waals surface area contributed by atoms with Gasteiger partial charge in [-0.2, -0.15) is 0 Å². The van der Waals surface area contributed by atoms with E-state index < -0.39 is 0 Å². The van der Waals surface area contributed by atoms with E-state index in [0.717, 1.165) is 16.9 Å². The van der Waals surface area contributed by atoms with Crippen LogP contribution in [-0.4, -0.2) is 7.05 Å². The molecular formula is C15H15ClFNO. The number of nitrogens with one attached hydrogen (secondary N) is 1. The van der Waals surface area contributed by atoms with Gasteiger partial charge < -0.3 is 10.1 Å². The first kappa shape index (κ1) is 13.8. The molecule has 0 unspecified atom stereocenters. The van der Waals surface area contributed by atoms with Gasteiger partial charge in [-0.25, -0.2) is 4.39 Å². The number of halogens is 2. The van der Waals surface area contributed by atoms with Gasteiger partial charge in [0.1, 0.15) is 18.2 Å². The maximum Gasteiger partial charge on any atom is 0.125 e. The van der Waals surface area contributed by atoms with Crippen molar-refractivity contribution in [2.75, 3.05) is 7.05 Å². The van der Waals surface area contributed by atoms with Crippen LogP contribution in [0.25, 0.3) is 0 Å². The fourth-order valence-corrected chi connectivity index (χ4v) is 2.00. The fraction of sp³-hybridized carbons (Fsp3) is 0.200. The second kappa shape index (κ2) is 6.55. The summed E-state index contributed by atoms with van der Waals surface area (Å²) in [7, 11) is 1.85.